The molecule has 0 heterocycles. The first-order chi connectivity index (χ1) is 11.0. The summed E-state index contributed by atoms with van der Waals surface area (Å²) in [7, 11) is 1.61. The molecule has 23 heavy (non-hydrogen) atoms. The van der Waals surface area contributed by atoms with Crippen LogP contribution in [0.15, 0.2) is 53.0 Å². The Balaban J connectivity index is 2.01. The maximum absolute atomic E-state index is 12.3. The van der Waals surface area contributed by atoms with Gasteiger partial charge < -0.3 is 9.47 Å². The monoisotopic (exact) mass is 376 g/mol. The summed E-state index contributed by atoms with van der Waals surface area (Å²) in [5.41, 5.74) is 1.87. The van der Waals surface area contributed by atoms with Gasteiger partial charge >= 0.3 is 5.97 Å². The molecule has 0 aliphatic carbocycles. The minimum atomic E-state index is -0.845. The van der Waals surface area contributed by atoms with Crippen LogP contribution < -0.4 is 0 Å². The summed E-state index contributed by atoms with van der Waals surface area (Å²) in [5.74, 6) is -0.756. The number of hydrogen-bond acceptors (Lipinski definition) is 4. The number of benzene rings is 2. The molecule has 0 aliphatic heterocycles. The lowest BCUT2D eigenvalue weighted by Gasteiger charge is -2.12. The molecule has 0 N–H and O–H groups in total. The van der Waals surface area contributed by atoms with Crippen LogP contribution >= 0.6 is 15.9 Å². The van der Waals surface area contributed by atoms with E-state index in [1.54, 1.807) is 62.6 Å². The van der Waals surface area contributed by atoms with Crippen LogP contribution in [0.1, 0.15) is 33.2 Å². The van der Waals surface area contributed by atoms with Gasteiger partial charge in [0.2, 0.25) is 5.78 Å². The number of carbonyl (C=O) groups is 2. The summed E-state index contributed by atoms with van der Waals surface area (Å²) in [4.78, 5) is 24.4. The summed E-state index contributed by atoms with van der Waals surface area (Å²) in [5, 5.41) is 0. The summed E-state index contributed by atoms with van der Waals surface area (Å²) in [6.07, 6.45) is -0.845. The van der Waals surface area contributed by atoms with Crippen molar-refractivity contribution in [1.82, 2.24) is 0 Å². The van der Waals surface area contributed by atoms with E-state index in [-0.39, 0.29) is 5.78 Å². The Bertz CT molecular complexity index is 677. The molecular weight excluding hydrogens is 360 g/mol. The Morgan fingerprint density at radius 3 is 2.13 bits per heavy atom. The number of ketones is 1. The molecule has 5 heteroatoms. The molecule has 0 bridgehead atoms. The van der Waals surface area contributed by atoms with Crippen molar-refractivity contribution in [2.75, 3.05) is 7.11 Å². The van der Waals surface area contributed by atoms with Crippen molar-refractivity contribution >= 4 is 27.7 Å². The standard InChI is InChI=1S/C18H17BrO4/c1-12(17(20)14-7-9-16(19)10-8-14)23-18(21)15-5-3-13(4-6-15)11-22-2/h3-10,12H,11H2,1-2H3/t12-/m1/s1. The Morgan fingerprint density at radius 1 is 1.00 bits per heavy atom. The average molecular weight is 377 g/mol. The first-order valence-electron chi connectivity index (χ1n) is 7.10. The number of ether oxygens (including phenoxy) is 2. The van der Waals surface area contributed by atoms with Gasteiger partial charge in [-0.05, 0) is 36.8 Å². The molecule has 0 fully saturated rings. The van der Waals surface area contributed by atoms with Gasteiger partial charge in [0.05, 0.1) is 12.2 Å². The van der Waals surface area contributed by atoms with E-state index >= 15 is 0 Å². The third-order valence-corrected chi connectivity index (χ3v) is 3.81. The molecule has 120 valence electrons. The molecule has 0 saturated heterocycles. The molecule has 2 rings (SSSR count). The van der Waals surface area contributed by atoms with E-state index in [4.69, 9.17) is 9.47 Å². The Morgan fingerprint density at radius 2 is 1.57 bits per heavy atom. The summed E-state index contributed by atoms with van der Waals surface area (Å²) >= 11 is 3.31. The highest BCUT2D eigenvalue weighted by Crippen LogP contribution is 2.14. The van der Waals surface area contributed by atoms with Gasteiger partial charge in [-0.25, -0.2) is 4.79 Å². The quantitative estimate of drug-likeness (QED) is 0.564. The SMILES string of the molecule is COCc1ccc(C(=O)O[C@H](C)C(=O)c2ccc(Br)cc2)cc1. The predicted molar refractivity (Wildman–Crippen MR) is 90.5 cm³/mol. The maximum Gasteiger partial charge on any atom is 0.338 e. The smallest absolute Gasteiger partial charge is 0.338 e. The molecule has 0 aromatic heterocycles. The zero-order valence-electron chi connectivity index (χ0n) is 12.9. The fraction of sp³-hybridized carbons (Fsp3) is 0.222. The van der Waals surface area contributed by atoms with E-state index in [0.29, 0.717) is 17.7 Å². The highest BCUT2D eigenvalue weighted by molar-refractivity contribution is 9.10. The first kappa shape index (κ1) is 17.4. The number of rotatable bonds is 6. The third kappa shape index (κ3) is 4.74. The number of hydrogen-bond donors (Lipinski definition) is 0. The van der Waals surface area contributed by atoms with Gasteiger partial charge in [0.1, 0.15) is 0 Å². The van der Waals surface area contributed by atoms with Gasteiger partial charge in [-0.15, -0.1) is 0 Å². The molecule has 0 aliphatic rings. The molecule has 1 atom stereocenters. The van der Waals surface area contributed by atoms with Crippen LogP contribution in [0.2, 0.25) is 0 Å². The lowest BCUT2D eigenvalue weighted by Crippen LogP contribution is -2.24. The van der Waals surface area contributed by atoms with Crippen LogP contribution in [0.3, 0.4) is 0 Å². The molecule has 0 radical (unpaired) electrons. The second-order valence-corrected chi connectivity index (χ2v) is 5.96. The largest absolute Gasteiger partial charge is 0.451 e. The van der Waals surface area contributed by atoms with Crippen molar-refractivity contribution in [1.29, 1.82) is 0 Å². The zero-order valence-corrected chi connectivity index (χ0v) is 14.5. The van der Waals surface area contributed by atoms with Crippen molar-refractivity contribution < 1.29 is 19.1 Å². The summed E-state index contributed by atoms with van der Waals surface area (Å²) in [6.45, 7) is 2.05. The number of halogens is 1. The van der Waals surface area contributed by atoms with E-state index in [2.05, 4.69) is 15.9 Å². The number of carbonyl (C=O) groups excluding carboxylic acids is 2. The number of Topliss-reactive ketones (excluding diaryl/α,β-unsaturated/α-hetero) is 1. The van der Waals surface area contributed by atoms with Crippen molar-refractivity contribution in [2.24, 2.45) is 0 Å². The van der Waals surface area contributed by atoms with Gasteiger partial charge in [0.25, 0.3) is 0 Å². The second-order valence-electron chi connectivity index (χ2n) is 5.05. The van der Waals surface area contributed by atoms with E-state index in [1.807, 2.05) is 0 Å². The molecule has 0 unspecified atom stereocenters. The molecule has 0 saturated carbocycles. The Kier molecular flexibility index (Phi) is 6.07. The van der Waals surface area contributed by atoms with E-state index < -0.39 is 12.1 Å². The highest BCUT2D eigenvalue weighted by atomic mass is 79.9. The predicted octanol–water partition coefficient (Wildman–Crippen LogP) is 4.02. The number of esters is 1. The molecule has 4 nitrogen and oxygen atoms in total. The van der Waals surface area contributed by atoms with E-state index in [9.17, 15) is 9.59 Å². The fourth-order valence-corrected chi connectivity index (χ4v) is 2.30. The minimum Gasteiger partial charge on any atom is -0.451 e. The third-order valence-electron chi connectivity index (χ3n) is 3.28. The van der Waals surface area contributed by atoms with E-state index in [1.165, 1.54) is 0 Å². The highest BCUT2D eigenvalue weighted by Gasteiger charge is 2.20. The van der Waals surface area contributed by atoms with Crippen LogP contribution in [0.25, 0.3) is 0 Å². The molecule has 2 aromatic rings. The Hall–Kier alpha value is -1.98. The van der Waals surface area contributed by atoms with Crippen molar-refractivity contribution in [3.8, 4) is 0 Å². The van der Waals surface area contributed by atoms with Gasteiger partial charge in [0.15, 0.2) is 6.10 Å². The fourth-order valence-electron chi connectivity index (χ4n) is 2.03. The molecular formula is C18H17BrO4. The lowest BCUT2D eigenvalue weighted by molar-refractivity contribution is 0.0319. The summed E-state index contributed by atoms with van der Waals surface area (Å²) in [6, 6.07) is 13.8. The van der Waals surface area contributed by atoms with Crippen LogP contribution in [-0.2, 0) is 16.1 Å². The van der Waals surface area contributed by atoms with Gasteiger partial charge in [-0.2, -0.15) is 0 Å². The topological polar surface area (TPSA) is 52.6 Å². The van der Waals surface area contributed by atoms with Crippen molar-refractivity contribution in [3.63, 3.8) is 0 Å². The molecule has 2 aromatic carbocycles. The van der Waals surface area contributed by atoms with Gasteiger partial charge in [-0.1, -0.05) is 40.2 Å². The van der Waals surface area contributed by atoms with Gasteiger partial charge in [0, 0.05) is 17.1 Å². The van der Waals surface area contributed by atoms with Crippen LogP contribution in [0, 0.1) is 0 Å². The molecule has 0 amide bonds. The average Bonchev–Trinajstić information content (AvgIpc) is 2.55. The van der Waals surface area contributed by atoms with Gasteiger partial charge in [-0.3, -0.25) is 4.79 Å². The van der Waals surface area contributed by atoms with Crippen molar-refractivity contribution in [3.05, 3.63) is 69.7 Å². The lowest BCUT2D eigenvalue weighted by atomic mass is 10.1. The van der Waals surface area contributed by atoms with Crippen LogP contribution in [-0.4, -0.2) is 25.0 Å². The number of methoxy groups -OCH3 is 1. The van der Waals surface area contributed by atoms with Crippen LogP contribution in [0.4, 0.5) is 0 Å². The normalized spacial score (nSPS) is 11.8. The molecule has 0 spiro atoms. The Labute approximate surface area is 143 Å². The van der Waals surface area contributed by atoms with E-state index in [0.717, 1.165) is 10.0 Å². The second kappa shape index (κ2) is 8.04. The van der Waals surface area contributed by atoms with Crippen LogP contribution in [0.5, 0.6) is 0 Å². The first-order valence-corrected chi connectivity index (χ1v) is 7.89. The summed E-state index contributed by atoms with van der Waals surface area (Å²) < 4.78 is 11.2. The zero-order chi connectivity index (χ0) is 16.8. The maximum atomic E-state index is 12.3. The van der Waals surface area contributed by atoms with Crippen molar-refractivity contribution in [2.45, 2.75) is 19.6 Å². The minimum absolute atomic E-state index is 0.234.